The van der Waals surface area contributed by atoms with Crippen molar-refractivity contribution in [1.29, 1.82) is 0 Å². The molecule has 2 aromatic rings. The van der Waals surface area contributed by atoms with Gasteiger partial charge in [0.1, 0.15) is 5.69 Å². The van der Waals surface area contributed by atoms with Gasteiger partial charge in [0, 0.05) is 11.8 Å². The standard InChI is InChI=1S/C9H11N4O/c1-5-4-7(14-3)13-9(11-5)8(10)6(2)12-13/h4,10H,1-3H3. The summed E-state index contributed by atoms with van der Waals surface area (Å²) in [4.78, 5) is 4.24. The lowest BCUT2D eigenvalue weighted by Gasteiger charge is -2.03. The lowest BCUT2D eigenvalue weighted by Crippen LogP contribution is -1.98. The highest BCUT2D eigenvalue weighted by Crippen LogP contribution is 2.22. The lowest BCUT2D eigenvalue weighted by molar-refractivity contribution is 0.384. The van der Waals surface area contributed by atoms with E-state index in [1.807, 2.05) is 6.92 Å². The van der Waals surface area contributed by atoms with Gasteiger partial charge in [-0.05, 0) is 13.8 Å². The zero-order valence-electron chi connectivity index (χ0n) is 8.33. The third kappa shape index (κ3) is 1.09. The van der Waals surface area contributed by atoms with Crippen molar-refractivity contribution in [3.63, 3.8) is 0 Å². The van der Waals surface area contributed by atoms with Crippen molar-refractivity contribution in [3.05, 3.63) is 17.5 Å². The topological polar surface area (TPSA) is 63.2 Å². The number of aryl methyl sites for hydroxylation is 2. The first-order valence-corrected chi connectivity index (χ1v) is 4.26. The molecular formula is C9H11N4O. The Morgan fingerprint density at radius 1 is 1.43 bits per heavy atom. The van der Waals surface area contributed by atoms with Gasteiger partial charge in [-0.3, -0.25) is 5.73 Å². The molecule has 2 rings (SSSR count). The van der Waals surface area contributed by atoms with E-state index in [9.17, 15) is 0 Å². The Kier molecular flexibility index (Phi) is 1.80. The van der Waals surface area contributed by atoms with E-state index in [1.165, 1.54) is 0 Å². The normalized spacial score (nSPS) is 10.8. The predicted molar refractivity (Wildman–Crippen MR) is 51.8 cm³/mol. The summed E-state index contributed by atoms with van der Waals surface area (Å²) in [6.45, 7) is 3.65. The van der Waals surface area contributed by atoms with Gasteiger partial charge >= 0.3 is 0 Å². The molecule has 73 valence electrons. The van der Waals surface area contributed by atoms with E-state index in [2.05, 4.69) is 10.1 Å². The Morgan fingerprint density at radius 3 is 2.79 bits per heavy atom. The summed E-state index contributed by atoms with van der Waals surface area (Å²) in [6, 6.07) is 1.79. The Labute approximate surface area is 81.5 Å². The molecule has 0 saturated carbocycles. The van der Waals surface area contributed by atoms with E-state index in [1.54, 1.807) is 24.6 Å². The van der Waals surface area contributed by atoms with Crippen molar-refractivity contribution in [2.75, 3.05) is 7.11 Å². The molecule has 0 fully saturated rings. The SMILES string of the molecule is COc1cc(C)nc2c([NH])c(C)nn12. The monoisotopic (exact) mass is 191 g/mol. The summed E-state index contributed by atoms with van der Waals surface area (Å²) in [6.07, 6.45) is 0. The van der Waals surface area contributed by atoms with Crippen molar-refractivity contribution in [3.8, 4) is 5.88 Å². The third-order valence-corrected chi connectivity index (χ3v) is 2.07. The Morgan fingerprint density at radius 2 is 2.14 bits per heavy atom. The second kappa shape index (κ2) is 2.87. The van der Waals surface area contributed by atoms with Gasteiger partial charge in [-0.2, -0.15) is 9.61 Å². The fourth-order valence-electron chi connectivity index (χ4n) is 1.36. The summed E-state index contributed by atoms with van der Waals surface area (Å²) in [7, 11) is 1.58. The number of ether oxygens (including phenoxy) is 1. The van der Waals surface area contributed by atoms with Gasteiger partial charge in [0.15, 0.2) is 5.65 Å². The van der Waals surface area contributed by atoms with Crippen molar-refractivity contribution < 1.29 is 4.74 Å². The fourth-order valence-corrected chi connectivity index (χ4v) is 1.36. The lowest BCUT2D eigenvalue weighted by atomic mass is 10.4. The van der Waals surface area contributed by atoms with E-state index in [0.717, 1.165) is 5.69 Å². The molecule has 2 heterocycles. The van der Waals surface area contributed by atoms with Gasteiger partial charge < -0.3 is 4.74 Å². The van der Waals surface area contributed by atoms with Crippen LogP contribution in [-0.4, -0.2) is 21.7 Å². The van der Waals surface area contributed by atoms with Crippen LogP contribution in [-0.2, 0) is 0 Å². The Bertz CT molecular complexity index is 489. The third-order valence-electron chi connectivity index (χ3n) is 2.07. The minimum absolute atomic E-state index is 0.354. The largest absolute Gasteiger partial charge is 0.481 e. The number of rotatable bonds is 1. The maximum atomic E-state index is 7.74. The van der Waals surface area contributed by atoms with E-state index in [4.69, 9.17) is 10.5 Å². The molecule has 2 aromatic heterocycles. The summed E-state index contributed by atoms with van der Waals surface area (Å²) in [5, 5.41) is 4.17. The Balaban J connectivity index is 2.87. The van der Waals surface area contributed by atoms with Crippen LogP contribution in [0.1, 0.15) is 11.4 Å². The van der Waals surface area contributed by atoms with Crippen LogP contribution in [0, 0.1) is 13.8 Å². The van der Waals surface area contributed by atoms with Crippen molar-refractivity contribution >= 4 is 11.3 Å². The average molecular weight is 191 g/mol. The summed E-state index contributed by atoms with van der Waals surface area (Å²) >= 11 is 0. The molecule has 5 nitrogen and oxygen atoms in total. The highest BCUT2D eigenvalue weighted by molar-refractivity contribution is 5.65. The first-order chi connectivity index (χ1) is 6.63. The van der Waals surface area contributed by atoms with E-state index in [-0.39, 0.29) is 0 Å². The van der Waals surface area contributed by atoms with Crippen LogP contribution >= 0.6 is 0 Å². The molecule has 14 heavy (non-hydrogen) atoms. The van der Waals surface area contributed by atoms with Crippen molar-refractivity contribution in [1.82, 2.24) is 20.3 Å². The first kappa shape index (κ1) is 8.80. The number of nitrogens with one attached hydrogen (secondary N) is 1. The minimum Gasteiger partial charge on any atom is -0.481 e. The molecule has 0 atom stereocenters. The maximum absolute atomic E-state index is 7.74. The molecule has 0 aromatic carbocycles. The summed E-state index contributed by atoms with van der Waals surface area (Å²) < 4.78 is 6.70. The minimum atomic E-state index is 0.354. The van der Waals surface area contributed by atoms with Crippen LogP contribution in [0.25, 0.3) is 5.65 Å². The summed E-state index contributed by atoms with van der Waals surface area (Å²) in [5.41, 5.74) is 10.1. The molecule has 0 aliphatic carbocycles. The molecule has 0 spiro atoms. The maximum Gasteiger partial charge on any atom is 0.218 e. The fraction of sp³-hybridized carbons (Fsp3) is 0.333. The molecule has 0 saturated heterocycles. The van der Waals surface area contributed by atoms with Gasteiger partial charge in [0.25, 0.3) is 0 Å². The van der Waals surface area contributed by atoms with Crippen LogP contribution < -0.4 is 10.5 Å². The highest BCUT2D eigenvalue weighted by atomic mass is 16.5. The number of hydrogen-bond acceptors (Lipinski definition) is 3. The number of fused-ring (bicyclic) bond motifs is 1. The van der Waals surface area contributed by atoms with E-state index in [0.29, 0.717) is 22.9 Å². The second-order valence-corrected chi connectivity index (χ2v) is 3.14. The molecular weight excluding hydrogens is 180 g/mol. The molecule has 0 aliphatic rings. The molecule has 0 amide bonds. The Hall–Kier alpha value is -1.78. The van der Waals surface area contributed by atoms with Gasteiger partial charge in [-0.25, -0.2) is 4.98 Å². The molecule has 0 bridgehead atoms. The molecule has 1 N–H and O–H groups in total. The van der Waals surface area contributed by atoms with Gasteiger partial charge in [-0.1, -0.05) is 0 Å². The number of methoxy groups -OCH3 is 1. The van der Waals surface area contributed by atoms with Gasteiger partial charge in [0.05, 0.1) is 12.8 Å². The van der Waals surface area contributed by atoms with Crippen molar-refractivity contribution in [2.24, 2.45) is 0 Å². The highest BCUT2D eigenvalue weighted by Gasteiger charge is 2.11. The smallest absolute Gasteiger partial charge is 0.218 e. The van der Waals surface area contributed by atoms with Crippen LogP contribution in [0.3, 0.4) is 0 Å². The zero-order chi connectivity index (χ0) is 10.3. The molecule has 0 aliphatic heterocycles. The second-order valence-electron chi connectivity index (χ2n) is 3.14. The average Bonchev–Trinajstić information content (AvgIpc) is 2.43. The first-order valence-electron chi connectivity index (χ1n) is 4.26. The van der Waals surface area contributed by atoms with Crippen molar-refractivity contribution in [2.45, 2.75) is 13.8 Å². The van der Waals surface area contributed by atoms with E-state index < -0.39 is 0 Å². The quantitative estimate of drug-likeness (QED) is 0.681. The van der Waals surface area contributed by atoms with Crippen LogP contribution in [0.15, 0.2) is 6.07 Å². The molecule has 1 radical (unpaired) electrons. The molecule has 0 unspecified atom stereocenters. The van der Waals surface area contributed by atoms with Gasteiger partial charge in [0.2, 0.25) is 5.88 Å². The predicted octanol–water partition coefficient (Wildman–Crippen LogP) is 1.27. The number of aromatic nitrogens is 3. The van der Waals surface area contributed by atoms with E-state index >= 15 is 0 Å². The van der Waals surface area contributed by atoms with Gasteiger partial charge in [-0.15, -0.1) is 0 Å². The van der Waals surface area contributed by atoms with Crippen LogP contribution in [0.5, 0.6) is 5.88 Å². The number of hydrogen-bond donors (Lipinski definition) is 0. The van der Waals surface area contributed by atoms with Crippen LogP contribution in [0.4, 0.5) is 5.69 Å². The summed E-state index contributed by atoms with van der Waals surface area (Å²) in [5.74, 6) is 0.606. The zero-order valence-corrected chi connectivity index (χ0v) is 8.33. The number of nitrogens with zero attached hydrogens (tertiary/aromatic N) is 3. The molecule has 5 heteroatoms. The van der Waals surface area contributed by atoms with Crippen LogP contribution in [0.2, 0.25) is 0 Å².